The van der Waals surface area contributed by atoms with Crippen LogP contribution in [0.25, 0.3) is 0 Å². The first-order valence-corrected chi connectivity index (χ1v) is 5.64. The van der Waals surface area contributed by atoms with Crippen molar-refractivity contribution in [1.29, 1.82) is 0 Å². The first kappa shape index (κ1) is 13.1. The van der Waals surface area contributed by atoms with Gasteiger partial charge < -0.3 is 14.8 Å². The van der Waals surface area contributed by atoms with Gasteiger partial charge in [0.2, 0.25) is 0 Å². The van der Waals surface area contributed by atoms with E-state index >= 15 is 0 Å². The minimum Gasteiger partial charge on any atom is -0.486 e. The Morgan fingerprint density at radius 3 is 2.68 bits per heavy atom. The molecule has 0 radical (unpaired) electrons. The van der Waals surface area contributed by atoms with Gasteiger partial charge in [0.05, 0.1) is 0 Å². The molecule has 0 atom stereocenters. The largest absolute Gasteiger partial charge is 0.486 e. The van der Waals surface area contributed by atoms with Crippen LogP contribution in [-0.2, 0) is 6.61 Å². The van der Waals surface area contributed by atoms with E-state index < -0.39 is 11.5 Å². The molecule has 0 spiro atoms. The lowest BCUT2D eigenvalue weighted by Crippen LogP contribution is -2.16. The number of benzene rings is 1. The molecule has 2 N–H and O–H groups in total. The molecule has 1 heterocycles. The fourth-order valence-corrected chi connectivity index (χ4v) is 1.49. The average Bonchev–Trinajstić information content (AvgIpc) is 2.37. The summed E-state index contributed by atoms with van der Waals surface area (Å²) in [5, 5.41) is 9.35. The summed E-state index contributed by atoms with van der Waals surface area (Å²) in [7, 11) is 0. The van der Waals surface area contributed by atoms with Gasteiger partial charge in [-0.2, -0.15) is 0 Å². The molecule has 0 aliphatic rings. The lowest BCUT2D eigenvalue weighted by atomic mass is 10.3. The second kappa shape index (κ2) is 5.53. The Morgan fingerprint density at radius 2 is 2.05 bits per heavy atom. The minimum atomic E-state index is -1.26. The van der Waals surface area contributed by atoms with Crippen molar-refractivity contribution >= 4 is 17.6 Å². The zero-order valence-electron chi connectivity index (χ0n) is 9.59. The summed E-state index contributed by atoms with van der Waals surface area (Å²) in [6.07, 6.45) is 0. The smallest absolute Gasteiger partial charge is 0.354 e. The number of nitrogens with one attached hydrogen (secondary N) is 1. The molecule has 0 amide bonds. The molecule has 0 unspecified atom stereocenters. The van der Waals surface area contributed by atoms with Crippen molar-refractivity contribution in [2.75, 3.05) is 0 Å². The summed E-state index contributed by atoms with van der Waals surface area (Å²) in [5.41, 5.74) is -0.861. The van der Waals surface area contributed by atoms with E-state index in [4.69, 9.17) is 21.4 Å². The zero-order chi connectivity index (χ0) is 13.8. The SMILES string of the molecule is O=C(O)c1cc(=O)[nH]c(COc2ccc(Cl)cc2)n1. The Balaban J connectivity index is 2.13. The number of aromatic carboxylic acids is 1. The van der Waals surface area contributed by atoms with E-state index in [1.165, 1.54) is 0 Å². The molecule has 0 bridgehead atoms. The first-order valence-electron chi connectivity index (χ1n) is 5.26. The number of aromatic amines is 1. The summed E-state index contributed by atoms with van der Waals surface area (Å²) in [6, 6.07) is 7.53. The van der Waals surface area contributed by atoms with Crippen LogP contribution < -0.4 is 10.3 Å². The highest BCUT2D eigenvalue weighted by Gasteiger charge is 2.08. The number of hydrogen-bond acceptors (Lipinski definition) is 4. The van der Waals surface area contributed by atoms with Gasteiger partial charge in [0.15, 0.2) is 5.69 Å². The van der Waals surface area contributed by atoms with Crippen LogP contribution in [0.1, 0.15) is 16.3 Å². The number of carboxylic acids is 1. The van der Waals surface area contributed by atoms with Crippen LogP contribution >= 0.6 is 11.6 Å². The number of carboxylic acid groups (broad SMARTS) is 1. The molecule has 0 aliphatic carbocycles. The predicted octanol–water partition coefficient (Wildman–Crippen LogP) is 1.70. The second-order valence-corrected chi connectivity index (χ2v) is 4.06. The minimum absolute atomic E-state index is 0.0437. The molecule has 2 rings (SSSR count). The number of ether oxygens (including phenoxy) is 1. The summed E-state index contributed by atoms with van der Waals surface area (Å²) >= 11 is 5.72. The Bertz CT molecular complexity index is 652. The average molecular weight is 281 g/mol. The molecule has 0 saturated carbocycles. The number of carbonyl (C=O) groups is 1. The highest BCUT2D eigenvalue weighted by atomic mass is 35.5. The van der Waals surface area contributed by atoms with Crippen LogP contribution in [-0.4, -0.2) is 21.0 Å². The van der Waals surface area contributed by atoms with Crippen molar-refractivity contribution in [3.63, 3.8) is 0 Å². The van der Waals surface area contributed by atoms with Gasteiger partial charge in [-0.25, -0.2) is 9.78 Å². The normalized spacial score (nSPS) is 10.2. The van der Waals surface area contributed by atoms with Crippen LogP contribution in [0, 0.1) is 0 Å². The van der Waals surface area contributed by atoms with Gasteiger partial charge in [-0.15, -0.1) is 0 Å². The summed E-state index contributed by atoms with van der Waals surface area (Å²) in [6.45, 7) is -0.0437. The van der Waals surface area contributed by atoms with E-state index in [0.29, 0.717) is 10.8 Å². The highest BCUT2D eigenvalue weighted by Crippen LogP contribution is 2.16. The Kier molecular flexibility index (Phi) is 3.82. The van der Waals surface area contributed by atoms with Crippen LogP contribution in [0.2, 0.25) is 5.02 Å². The molecule has 0 saturated heterocycles. The quantitative estimate of drug-likeness (QED) is 0.889. The number of H-pyrrole nitrogens is 1. The standard InChI is InChI=1S/C12H9ClN2O4/c13-7-1-3-8(4-2-7)19-6-10-14-9(12(17)18)5-11(16)15-10/h1-5H,6H2,(H,17,18)(H,14,15,16). The van der Waals surface area contributed by atoms with Crippen molar-refractivity contribution in [2.45, 2.75) is 6.61 Å². The van der Waals surface area contributed by atoms with Crippen molar-refractivity contribution in [1.82, 2.24) is 9.97 Å². The third kappa shape index (κ3) is 3.56. The third-order valence-electron chi connectivity index (χ3n) is 2.20. The molecule has 19 heavy (non-hydrogen) atoms. The van der Waals surface area contributed by atoms with E-state index in [1.54, 1.807) is 24.3 Å². The monoisotopic (exact) mass is 280 g/mol. The van der Waals surface area contributed by atoms with Gasteiger partial charge in [-0.05, 0) is 24.3 Å². The topological polar surface area (TPSA) is 92.3 Å². The molecule has 0 aliphatic heterocycles. The van der Waals surface area contributed by atoms with Crippen LogP contribution in [0.5, 0.6) is 5.75 Å². The van der Waals surface area contributed by atoms with E-state index in [0.717, 1.165) is 6.07 Å². The molecule has 6 nitrogen and oxygen atoms in total. The van der Waals surface area contributed by atoms with Crippen molar-refractivity contribution in [2.24, 2.45) is 0 Å². The molecule has 1 aromatic heterocycles. The van der Waals surface area contributed by atoms with E-state index in [9.17, 15) is 9.59 Å². The number of nitrogens with zero attached hydrogens (tertiary/aromatic N) is 1. The van der Waals surface area contributed by atoms with Crippen molar-refractivity contribution < 1.29 is 14.6 Å². The van der Waals surface area contributed by atoms with Gasteiger partial charge in [-0.3, -0.25) is 4.79 Å². The molecule has 2 aromatic rings. The third-order valence-corrected chi connectivity index (χ3v) is 2.45. The van der Waals surface area contributed by atoms with Crippen LogP contribution in [0.15, 0.2) is 35.1 Å². The lowest BCUT2D eigenvalue weighted by molar-refractivity contribution is 0.0689. The van der Waals surface area contributed by atoms with Crippen LogP contribution in [0.4, 0.5) is 0 Å². The maximum absolute atomic E-state index is 11.2. The van der Waals surface area contributed by atoms with E-state index in [-0.39, 0.29) is 18.1 Å². The predicted molar refractivity (Wildman–Crippen MR) is 67.6 cm³/mol. The van der Waals surface area contributed by atoms with Gasteiger partial charge in [0.1, 0.15) is 18.2 Å². The second-order valence-electron chi connectivity index (χ2n) is 3.63. The number of rotatable bonds is 4. The molecule has 1 aromatic carbocycles. The molecule has 0 fully saturated rings. The van der Waals surface area contributed by atoms with Gasteiger partial charge in [0, 0.05) is 11.1 Å². The molecular formula is C12H9ClN2O4. The number of aromatic nitrogens is 2. The van der Waals surface area contributed by atoms with E-state index in [1.807, 2.05) is 0 Å². The maximum Gasteiger partial charge on any atom is 0.354 e. The number of hydrogen-bond donors (Lipinski definition) is 2. The van der Waals surface area contributed by atoms with Crippen LogP contribution in [0.3, 0.4) is 0 Å². The van der Waals surface area contributed by atoms with Gasteiger partial charge in [-0.1, -0.05) is 11.6 Å². The van der Waals surface area contributed by atoms with Gasteiger partial charge >= 0.3 is 5.97 Å². The molecular weight excluding hydrogens is 272 g/mol. The summed E-state index contributed by atoms with van der Waals surface area (Å²) in [5.74, 6) is -0.591. The first-order chi connectivity index (χ1) is 9.04. The summed E-state index contributed by atoms with van der Waals surface area (Å²) in [4.78, 5) is 28.1. The summed E-state index contributed by atoms with van der Waals surface area (Å²) < 4.78 is 5.35. The fourth-order valence-electron chi connectivity index (χ4n) is 1.37. The van der Waals surface area contributed by atoms with Crippen molar-refractivity contribution in [3.8, 4) is 5.75 Å². The Hall–Kier alpha value is -2.34. The number of halogens is 1. The molecule has 98 valence electrons. The maximum atomic E-state index is 11.2. The lowest BCUT2D eigenvalue weighted by Gasteiger charge is -2.05. The fraction of sp³-hybridized carbons (Fsp3) is 0.0833. The zero-order valence-corrected chi connectivity index (χ0v) is 10.3. The Morgan fingerprint density at radius 1 is 1.37 bits per heavy atom. The van der Waals surface area contributed by atoms with Crippen molar-refractivity contribution in [3.05, 3.63) is 57.2 Å². The molecule has 7 heteroatoms. The Labute approximate surface area is 112 Å². The van der Waals surface area contributed by atoms with Gasteiger partial charge in [0.25, 0.3) is 5.56 Å². The highest BCUT2D eigenvalue weighted by molar-refractivity contribution is 6.30. The van der Waals surface area contributed by atoms with E-state index in [2.05, 4.69) is 9.97 Å².